The second-order valence-corrected chi connectivity index (χ2v) is 6.96. The highest BCUT2D eigenvalue weighted by Crippen LogP contribution is 2.25. The Morgan fingerprint density at radius 1 is 1.28 bits per heavy atom. The lowest BCUT2D eigenvalue weighted by Gasteiger charge is -2.29. The van der Waals surface area contributed by atoms with E-state index < -0.39 is 17.4 Å². The van der Waals surface area contributed by atoms with Crippen molar-refractivity contribution in [1.29, 1.82) is 0 Å². The number of ether oxygens (including phenoxy) is 2. The molecule has 0 N–H and O–H groups in total. The topological polar surface area (TPSA) is 55.8 Å². The van der Waals surface area contributed by atoms with Gasteiger partial charge in [-0.25, -0.2) is 9.18 Å². The molecule has 136 valence electrons. The molecule has 6 heteroatoms. The van der Waals surface area contributed by atoms with E-state index in [1.807, 2.05) is 26.8 Å². The van der Waals surface area contributed by atoms with Crippen molar-refractivity contribution in [3.05, 3.63) is 41.2 Å². The summed E-state index contributed by atoms with van der Waals surface area (Å²) in [5.74, 6) is -0.907. The van der Waals surface area contributed by atoms with Crippen LogP contribution < -0.4 is 0 Å². The second kappa shape index (κ2) is 7.68. The van der Waals surface area contributed by atoms with Crippen molar-refractivity contribution in [1.82, 2.24) is 4.90 Å². The zero-order valence-corrected chi connectivity index (χ0v) is 15.1. The van der Waals surface area contributed by atoms with Crippen molar-refractivity contribution < 1.29 is 23.5 Å². The summed E-state index contributed by atoms with van der Waals surface area (Å²) < 4.78 is 24.1. The maximum absolute atomic E-state index is 14.2. The number of hydrogen-bond donors (Lipinski definition) is 0. The molecule has 0 saturated heterocycles. The van der Waals surface area contributed by atoms with Gasteiger partial charge in [0, 0.05) is 13.1 Å². The van der Waals surface area contributed by atoms with Gasteiger partial charge in [-0.05, 0) is 50.0 Å². The third-order valence-electron chi connectivity index (χ3n) is 3.85. The zero-order chi connectivity index (χ0) is 18.6. The molecule has 0 aliphatic carbocycles. The molecule has 0 fully saturated rings. The Kier molecular flexibility index (Phi) is 5.82. The predicted octanol–water partition coefficient (Wildman–Crippen LogP) is 3.57. The second-order valence-electron chi connectivity index (χ2n) is 6.96. The van der Waals surface area contributed by atoms with E-state index in [2.05, 4.69) is 4.74 Å². The van der Waals surface area contributed by atoms with Crippen molar-refractivity contribution >= 4 is 17.6 Å². The predicted molar refractivity (Wildman–Crippen MR) is 92.5 cm³/mol. The number of hydrogen-bond acceptors (Lipinski definition) is 4. The quantitative estimate of drug-likeness (QED) is 0.783. The van der Waals surface area contributed by atoms with E-state index in [1.165, 1.54) is 13.2 Å². The number of benzene rings is 1. The molecular formula is C19H24FNO4. The maximum atomic E-state index is 14.2. The largest absolute Gasteiger partial charge is 0.469 e. The van der Waals surface area contributed by atoms with E-state index in [0.29, 0.717) is 25.1 Å². The molecule has 5 nitrogen and oxygen atoms in total. The summed E-state index contributed by atoms with van der Waals surface area (Å²) >= 11 is 0. The van der Waals surface area contributed by atoms with Crippen LogP contribution in [-0.2, 0) is 20.7 Å². The highest BCUT2D eigenvalue weighted by Gasteiger charge is 2.24. The Hall–Kier alpha value is -2.37. The summed E-state index contributed by atoms with van der Waals surface area (Å²) in [5, 5.41) is 0. The fourth-order valence-electron chi connectivity index (χ4n) is 2.54. The lowest BCUT2D eigenvalue weighted by Crippen LogP contribution is -2.39. The number of halogens is 1. The van der Waals surface area contributed by atoms with Crippen LogP contribution in [0.5, 0.6) is 0 Å². The molecule has 1 aliphatic heterocycles. The van der Waals surface area contributed by atoms with Gasteiger partial charge in [0.15, 0.2) is 0 Å². The molecule has 1 heterocycles. The lowest BCUT2D eigenvalue weighted by atomic mass is 9.97. The van der Waals surface area contributed by atoms with Gasteiger partial charge in [-0.1, -0.05) is 18.2 Å². The maximum Gasteiger partial charge on any atom is 0.410 e. The van der Waals surface area contributed by atoms with Crippen LogP contribution in [0.1, 0.15) is 38.3 Å². The van der Waals surface area contributed by atoms with Gasteiger partial charge in [0.05, 0.1) is 13.5 Å². The first kappa shape index (κ1) is 19.0. The molecule has 0 spiro atoms. The number of esters is 1. The van der Waals surface area contributed by atoms with Crippen LogP contribution in [0.3, 0.4) is 0 Å². The Morgan fingerprint density at radius 3 is 2.52 bits per heavy atom. The van der Waals surface area contributed by atoms with Crippen LogP contribution in [-0.4, -0.2) is 42.8 Å². The Bertz CT molecular complexity index is 691. The molecule has 0 bridgehead atoms. The smallest absolute Gasteiger partial charge is 0.410 e. The number of amides is 1. The fraction of sp³-hybridized carbons (Fsp3) is 0.474. The highest BCUT2D eigenvalue weighted by atomic mass is 19.1. The summed E-state index contributed by atoms with van der Waals surface area (Å²) in [6.07, 6.45) is 2.09. The van der Waals surface area contributed by atoms with E-state index in [9.17, 15) is 14.0 Å². The molecule has 0 atom stereocenters. The molecule has 25 heavy (non-hydrogen) atoms. The molecule has 0 aromatic heterocycles. The van der Waals surface area contributed by atoms with Gasteiger partial charge in [0.1, 0.15) is 11.4 Å². The van der Waals surface area contributed by atoms with Gasteiger partial charge in [-0.15, -0.1) is 0 Å². The first-order chi connectivity index (χ1) is 11.7. The van der Waals surface area contributed by atoms with Crippen molar-refractivity contribution in [3.63, 3.8) is 0 Å². The number of methoxy groups -OCH3 is 1. The van der Waals surface area contributed by atoms with Crippen molar-refractivity contribution in [3.8, 4) is 0 Å². The summed E-state index contributed by atoms with van der Waals surface area (Å²) in [4.78, 5) is 24.9. The minimum Gasteiger partial charge on any atom is -0.469 e. The first-order valence-corrected chi connectivity index (χ1v) is 8.22. The van der Waals surface area contributed by atoms with Crippen LogP contribution in [0.2, 0.25) is 0 Å². The van der Waals surface area contributed by atoms with Gasteiger partial charge >= 0.3 is 12.1 Å². The Labute approximate surface area is 147 Å². The molecule has 2 rings (SSSR count). The summed E-state index contributed by atoms with van der Waals surface area (Å²) in [6.45, 7) is 6.43. The molecule has 1 aromatic carbocycles. The SMILES string of the molecule is COC(=O)Cc1ccc(C2=CCN(C(=O)OC(C)(C)C)CC2)cc1F. The third-order valence-corrected chi connectivity index (χ3v) is 3.85. The van der Waals surface area contributed by atoms with E-state index in [-0.39, 0.29) is 12.5 Å². The molecule has 0 unspecified atom stereocenters. The van der Waals surface area contributed by atoms with Crippen molar-refractivity contribution in [2.24, 2.45) is 0 Å². The Morgan fingerprint density at radius 2 is 2.00 bits per heavy atom. The lowest BCUT2D eigenvalue weighted by molar-refractivity contribution is -0.139. The normalized spacial score (nSPS) is 14.8. The minimum absolute atomic E-state index is 0.0892. The average molecular weight is 349 g/mol. The molecular weight excluding hydrogens is 325 g/mol. The molecule has 0 radical (unpaired) electrons. The van der Waals surface area contributed by atoms with Crippen molar-refractivity contribution in [2.75, 3.05) is 20.2 Å². The van der Waals surface area contributed by atoms with Crippen LogP contribution in [0.15, 0.2) is 24.3 Å². The summed E-state index contributed by atoms with van der Waals surface area (Å²) in [7, 11) is 1.28. The van der Waals surface area contributed by atoms with Crippen LogP contribution in [0.25, 0.3) is 5.57 Å². The fourth-order valence-corrected chi connectivity index (χ4v) is 2.54. The summed E-state index contributed by atoms with van der Waals surface area (Å²) in [5.41, 5.74) is 1.51. The van der Waals surface area contributed by atoms with Gasteiger partial charge in [-0.3, -0.25) is 4.79 Å². The zero-order valence-electron chi connectivity index (χ0n) is 15.1. The number of carbonyl (C=O) groups is 2. The monoisotopic (exact) mass is 349 g/mol. The summed E-state index contributed by atoms with van der Waals surface area (Å²) in [6, 6.07) is 4.81. The van der Waals surface area contributed by atoms with Crippen molar-refractivity contribution in [2.45, 2.75) is 39.2 Å². The van der Waals surface area contributed by atoms with E-state index in [1.54, 1.807) is 17.0 Å². The standard InChI is InChI=1S/C19H24FNO4/c1-19(2,3)25-18(23)21-9-7-13(8-10-21)14-5-6-15(16(20)11-14)12-17(22)24-4/h5-7,11H,8-10,12H2,1-4H3. The van der Waals surface area contributed by atoms with Crippen LogP contribution in [0.4, 0.5) is 9.18 Å². The molecule has 1 aliphatic rings. The first-order valence-electron chi connectivity index (χ1n) is 8.22. The van der Waals surface area contributed by atoms with Crippen LogP contribution >= 0.6 is 0 Å². The molecule has 0 saturated carbocycles. The molecule has 1 amide bonds. The molecule has 1 aromatic rings. The number of carbonyl (C=O) groups excluding carboxylic acids is 2. The van der Waals surface area contributed by atoms with E-state index in [4.69, 9.17) is 4.74 Å². The highest BCUT2D eigenvalue weighted by molar-refractivity contribution is 5.74. The number of rotatable bonds is 3. The third kappa shape index (κ3) is 5.31. The van der Waals surface area contributed by atoms with E-state index in [0.717, 1.165) is 11.1 Å². The van der Waals surface area contributed by atoms with Crippen LogP contribution in [0, 0.1) is 5.82 Å². The van der Waals surface area contributed by atoms with Gasteiger partial charge < -0.3 is 14.4 Å². The Balaban J connectivity index is 2.05. The minimum atomic E-state index is -0.528. The number of nitrogens with zero attached hydrogens (tertiary/aromatic N) is 1. The van der Waals surface area contributed by atoms with Gasteiger partial charge in [0.2, 0.25) is 0 Å². The van der Waals surface area contributed by atoms with Gasteiger partial charge in [0.25, 0.3) is 0 Å². The van der Waals surface area contributed by atoms with Gasteiger partial charge in [-0.2, -0.15) is 0 Å². The average Bonchev–Trinajstić information content (AvgIpc) is 2.55. The van der Waals surface area contributed by atoms with E-state index >= 15 is 0 Å².